The molecule has 1 aromatic heterocycles. The van der Waals surface area contributed by atoms with Gasteiger partial charge in [-0.3, -0.25) is 9.79 Å². The number of rotatable bonds is 6. The zero-order chi connectivity index (χ0) is 21.3. The van der Waals surface area contributed by atoms with Crippen molar-refractivity contribution in [2.45, 2.75) is 19.4 Å². The van der Waals surface area contributed by atoms with Crippen molar-refractivity contribution in [2.24, 2.45) is 4.99 Å². The molecule has 0 fully saturated rings. The molecule has 0 aliphatic carbocycles. The van der Waals surface area contributed by atoms with Crippen molar-refractivity contribution < 1.29 is 9.18 Å². The normalized spacial score (nSPS) is 12.9. The van der Waals surface area contributed by atoms with Crippen LogP contribution in [0.3, 0.4) is 0 Å². The number of hydrogen-bond donors (Lipinski definition) is 0. The molecule has 0 N–H and O–H groups in total. The number of carbonyl (C=O) groups excluding carboxylic acids is 1. The SMILES string of the molecule is CN(C)CCCC(=O)c1nc2n(n1)-c1ccc(Cl)cc1C(c1ccccc1F)=NC2. The third kappa shape index (κ3) is 4.04. The Balaban J connectivity index is 1.74. The van der Waals surface area contributed by atoms with E-state index >= 15 is 0 Å². The molecule has 1 aliphatic rings. The Morgan fingerprint density at radius 2 is 2.00 bits per heavy atom. The monoisotopic (exact) mass is 425 g/mol. The summed E-state index contributed by atoms with van der Waals surface area (Å²) in [5.41, 5.74) is 2.17. The molecule has 3 aromatic rings. The van der Waals surface area contributed by atoms with E-state index in [1.165, 1.54) is 6.07 Å². The van der Waals surface area contributed by atoms with Crippen LogP contribution < -0.4 is 0 Å². The minimum Gasteiger partial charge on any atom is -0.309 e. The highest BCUT2D eigenvalue weighted by atomic mass is 35.5. The molecule has 4 rings (SSSR count). The molecule has 0 atom stereocenters. The van der Waals surface area contributed by atoms with E-state index in [0.717, 1.165) is 13.0 Å². The van der Waals surface area contributed by atoms with Crippen molar-refractivity contribution in [3.05, 3.63) is 76.1 Å². The zero-order valence-corrected chi connectivity index (χ0v) is 17.5. The molecular weight excluding hydrogens is 405 g/mol. The van der Waals surface area contributed by atoms with Gasteiger partial charge in [-0.2, -0.15) is 0 Å². The van der Waals surface area contributed by atoms with E-state index in [9.17, 15) is 9.18 Å². The lowest BCUT2D eigenvalue weighted by molar-refractivity contribution is 0.0967. The molecule has 0 amide bonds. The number of aliphatic imine (C=N–C) groups is 1. The van der Waals surface area contributed by atoms with Gasteiger partial charge in [0.25, 0.3) is 0 Å². The van der Waals surface area contributed by atoms with Gasteiger partial charge >= 0.3 is 0 Å². The number of Topliss-reactive ketones (excluding diaryl/α,β-unsaturated/α-hetero) is 1. The van der Waals surface area contributed by atoms with Gasteiger partial charge in [0.05, 0.1) is 17.9 Å². The van der Waals surface area contributed by atoms with E-state index in [1.54, 1.807) is 41.1 Å². The summed E-state index contributed by atoms with van der Waals surface area (Å²) >= 11 is 6.24. The molecule has 1 aliphatic heterocycles. The molecule has 6 nitrogen and oxygen atoms in total. The van der Waals surface area contributed by atoms with Crippen LogP contribution in [-0.2, 0) is 6.54 Å². The van der Waals surface area contributed by atoms with Gasteiger partial charge in [0.1, 0.15) is 5.82 Å². The number of carbonyl (C=O) groups is 1. The van der Waals surface area contributed by atoms with Crippen LogP contribution in [0.5, 0.6) is 0 Å². The molecule has 0 radical (unpaired) electrons. The Morgan fingerprint density at radius 1 is 1.20 bits per heavy atom. The second-order valence-electron chi connectivity index (χ2n) is 7.40. The molecule has 0 unspecified atom stereocenters. The summed E-state index contributed by atoms with van der Waals surface area (Å²) in [5, 5.41) is 4.96. The van der Waals surface area contributed by atoms with Gasteiger partial charge < -0.3 is 4.90 Å². The molecule has 0 saturated carbocycles. The maximum Gasteiger partial charge on any atom is 0.218 e. The quantitative estimate of drug-likeness (QED) is 0.561. The topological polar surface area (TPSA) is 63.4 Å². The Hall–Kier alpha value is -2.90. The average molecular weight is 426 g/mol. The summed E-state index contributed by atoms with van der Waals surface area (Å²) < 4.78 is 16.1. The van der Waals surface area contributed by atoms with Crippen LogP contribution in [0.25, 0.3) is 5.69 Å². The predicted octanol–water partition coefficient (Wildman–Crippen LogP) is 3.94. The van der Waals surface area contributed by atoms with Crippen LogP contribution in [0, 0.1) is 5.82 Å². The molecule has 30 heavy (non-hydrogen) atoms. The molecular formula is C22H21ClFN5O. The van der Waals surface area contributed by atoms with Crippen LogP contribution >= 0.6 is 11.6 Å². The van der Waals surface area contributed by atoms with Gasteiger partial charge in [0.2, 0.25) is 11.6 Å². The number of benzene rings is 2. The van der Waals surface area contributed by atoms with Gasteiger partial charge in [0, 0.05) is 22.6 Å². The molecule has 8 heteroatoms. The third-order valence-corrected chi connectivity index (χ3v) is 5.12. The van der Waals surface area contributed by atoms with Crippen LogP contribution in [0.1, 0.15) is 40.4 Å². The number of ketones is 1. The van der Waals surface area contributed by atoms with E-state index in [4.69, 9.17) is 11.6 Å². The van der Waals surface area contributed by atoms with Crippen molar-refractivity contribution >= 4 is 23.1 Å². The average Bonchev–Trinajstić information content (AvgIpc) is 3.07. The summed E-state index contributed by atoms with van der Waals surface area (Å²) in [7, 11) is 3.93. The summed E-state index contributed by atoms with van der Waals surface area (Å²) in [5.74, 6) is 0.229. The Labute approximate surface area is 179 Å². The first-order chi connectivity index (χ1) is 14.4. The maximum absolute atomic E-state index is 14.5. The molecule has 154 valence electrons. The third-order valence-electron chi connectivity index (χ3n) is 4.88. The fourth-order valence-corrected chi connectivity index (χ4v) is 3.60. The number of aromatic nitrogens is 3. The van der Waals surface area contributed by atoms with Crippen molar-refractivity contribution in [2.75, 3.05) is 20.6 Å². The van der Waals surface area contributed by atoms with Gasteiger partial charge in [-0.05, 0) is 57.4 Å². The fraction of sp³-hybridized carbons (Fsp3) is 0.273. The predicted molar refractivity (Wildman–Crippen MR) is 114 cm³/mol. The lowest BCUT2D eigenvalue weighted by Crippen LogP contribution is -2.15. The molecule has 0 spiro atoms. The van der Waals surface area contributed by atoms with Gasteiger partial charge in [-0.25, -0.2) is 14.1 Å². The van der Waals surface area contributed by atoms with Crippen molar-refractivity contribution in [1.82, 2.24) is 19.7 Å². The second-order valence-corrected chi connectivity index (χ2v) is 7.84. The van der Waals surface area contributed by atoms with Crippen molar-refractivity contribution in [3.63, 3.8) is 0 Å². The van der Waals surface area contributed by atoms with Gasteiger partial charge in [0.15, 0.2) is 5.82 Å². The standard InChI is InChI=1S/C22H21ClFN5O/c1-28(2)11-5-8-19(30)22-26-20-13-25-21(15-6-3-4-7-17(15)24)16-12-14(23)9-10-18(16)29(20)27-22/h3-4,6-7,9-10,12H,5,8,11,13H2,1-2H3. The van der Waals surface area contributed by atoms with Gasteiger partial charge in [-0.15, -0.1) is 5.10 Å². The first-order valence-corrected chi connectivity index (χ1v) is 10.1. The van der Waals surface area contributed by atoms with Crippen molar-refractivity contribution in [3.8, 4) is 5.69 Å². The van der Waals surface area contributed by atoms with Crippen LogP contribution in [-0.4, -0.2) is 51.8 Å². The number of fused-ring (bicyclic) bond motifs is 3. The van der Waals surface area contributed by atoms with E-state index < -0.39 is 0 Å². The first-order valence-electron chi connectivity index (χ1n) is 9.67. The Morgan fingerprint density at radius 3 is 2.77 bits per heavy atom. The summed E-state index contributed by atoms with van der Waals surface area (Å²) in [4.78, 5) is 23.6. The summed E-state index contributed by atoms with van der Waals surface area (Å²) in [6.45, 7) is 0.991. The molecule has 2 heterocycles. The van der Waals surface area contributed by atoms with E-state index in [2.05, 4.69) is 15.1 Å². The fourth-order valence-electron chi connectivity index (χ4n) is 3.43. The largest absolute Gasteiger partial charge is 0.309 e. The molecule has 2 aromatic carbocycles. The van der Waals surface area contributed by atoms with E-state index in [-0.39, 0.29) is 24.0 Å². The lowest BCUT2D eigenvalue weighted by Gasteiger charge is -2.12. The van der Waals surface area contributed by atoms with E-state index in [0.29, 0.717) is 39.8 Å². The zero-order valence-electron chi connectivity index (χ0n) is 16.8. The highest BCUT2D eigenvalue weighted by molar-refractivity contribution is 6.31. The molecule has 0 saturated heterocycles. The van der Waals surface area contributed by atoms with Crippen LogP contribution in [0.15, 0.2) is 47.5 Å². The second kappa shape index (κ2) is 8.45. The summed E-state index contributed by atoms with van der Waals surface area (Å²) in [6.07, 6.45) is 1.11. The van der Waals surface area contributed by atoms with E-state index in [1.807, 2.05) is 19.0 Å². The minimum atomic E-state index is -0.369. The Kier molecular flexibility index (Phi) is 5.74. The highest BCUT2D eigenvalue weighted by Gasteiger charge is 2.25. The highest BCUT2D eigenvalue weighted by Crippen LogP contribution is 2.28. The van der Waals surface area contributed by atoms with Crippen LogP contribution in [0.4, 0.5) is 4.39 Å². The van der Waals surface area contributed by atoms with Crippen LogP contribution in [0.2, 0.25) is 5.02 Å². The lowest BCUT2D eigenvalue weighted by atomic mass is 10.00. The smallest absolute Gasteiger partial charge is 0.218 e. The Bertz CT molecular complexity index is 1140. The van der Waals surface area contributed by atoms with Gasteiger partial charge in [-0.1, -0.05) is 23.7 Å². The number of nitrogens with zero attached hydrogens (tertiary/aromatic N) is 5. The van der Waals surface area contributed by atoms with Crippen molar-refractivity contribution in [1.29, 1.82) is 0 Å². The molecule has 0 bridgehead atoms. The number of halogens is 2. The number of hydrogen-bond acceptors (Lipinski definition) is 5. The minimum absolute atomic E-state index is 0.105. The summed E-state index contributed by atoms with van der Waals surface area (Å²) in [6, 6.07) is 11.7. The maximum atomic E-state index is 14.5. The first kappa shape index (κ1) is 20.4.